The number of nitriles is 1. The number of fused-ring (bicyclic) bond motifs is 1. The molecule has 8 aromatic rings. The van der Waals surface area contributed by atoms with E-state index in [1.807, 2.05) is 109 Å². The van der Waals surface area contributed by atoms with Crippen molar-refractivity contribution < 1.29 is 4.74 Å². The van der Waals surface area contributed by atoms with E-state index in [-0.39, 0.29) is 0 Å². The molecular formula is C54H40N4O. The maximum absolute atomic E-state index is 10.4. The molecule has 0 atom stereocenters. The molecule has 5 heteroatoms. The Morgan fingerprint density at radius 2 is 0.915 bits per heavy atom. The zero-order valence-electron chi connectivity index (χ0n) is 32.8. The summed E-state index contributed by atoms with van der Waals surface area (Å²) in [5.74, 6) is 0.804. The summed E-state index contributed by atoms with van der Waals surface area (Å²) >= 11 is 0. The van der Waals surface area contributed by atoms with Crippen molar-refractivity contribution in [2.24, 2.45) is 0 Å². The third-order valence-electron chi connectivity index (χ3n) is 10.3. The van der Waals surface area contributed by atoms with Gasteiger partial charge in [0.05, 0.1) is 19.2 Å². The highest BCUT2D eigenvalue weighted by atomic mass is 16.5. The van der Waals surface area contributed by atoms with Crippen LogP contribution in [0, 0.1) is 24.8 Å². The SMILES string of the molecule is [C-]#[N+]c1c(/C=C/c2ccc(N(c3ccccc3)c3ccc(C)cc3)cc2)ccc2c(C#N)c(/C=C/c3ccc(N(c4ccccc4)c4ccc(OC)cc4)cc3)ccc12. The van der Waals surface area contributed by atoms with Gasteiger partial charge in [-0.3, -0.25) is 0 Å². The van der Waals surface area contributed by atoms with Gasteiger partial charge in [0.25, 0.3) is 0 Å². The third kappa shape index (κ3) is 8.23. The molecule has 0 aromatic heterocycles. The Balaban J connectivity index is 1.03. The number of benzene rings is 8. The molecule has 0 saturated carbocycles. The molecule has 282 valence electrons. The van der Waals surface area contributed by atoms with Gasteiger partial charge in [-0.1, -0.05) is 127 Å². The quantitative estimate of drug-likeness (QED) is 0.0973. The van der Waals surface area contributed by atoms with Crippen LogP contribution in [0.3, 0.4) is 0 Å². The van der Waals surface area contributed by atoms with E-state index in [4.69, 9.17) is 11.3 Å². The van der Waals surface area contributed by atoms with Crippen molar-refractivity contribution in [2.45, 2.75) is 6.92 Å². The number of rotatable bonds is 11. The molecule has 0 N–H and O–H groups in total. The van der Waals surface area contributed by atoms with E-state index in [9.17, 15) is 5.26 Å². The maximum atomic E-state index is 10.4. The van der Waals surface area contributed by atoms with Gasteiger partial charge in [0.2, 0.25) is 5.69 Å². The Bertz CT molecular complexity index is 2850. The molecule has 59 heavy (non-hydrogen) atoms. The fraction of sp³-hybridized carbons (Fsp3) is 0.0370. The Labute approximate surface area is 346 Å². The van der Waals surface area contributed by atoms with Crippen LogP contribution in [-0.4, -0.2) is 7.11 Å². The molecule has 0 heterocycles. The number of anilines is 6. The lowest BCUT2D eigenvalue weighted by Crippen LogP contribution is -2.09. The largest absolute Gasteiger partial charge is 0.497 e. The first kappa shape index (κ1) is 37.8. The van der Waals surface area contributed by atoms with Crippen LogP contribution in [0.5, 0.6) is 5.75 Å². The molecule has 5 nitrogen and oxygen atoms in total. The number of ether oxygens (including phenoxy) is 1. The molecule has 0 aliphatic carbocycles. The average Bonchev–Trinajstić information content (AvgIpc) is 3.29. The van der Waals surface area contributed by atoms with Crippen LogP contribution in [0.25, 0.3) is 39.9 Å². The summed E-state index contributed by atoms with van der Waals surface area (Å²) in [4.78, 5) is 8.39. The molecule has 8 rings (SSSR count). The van der Waals surface area contributed by atoms with Crippen LogP contribution in [0.2, 0.25) is 0 Å². The molecule has 0 bridgehead atoms. The predicted molar refractivity (Wildman–Crippen MR) is 246 cm³/mol. The summed E-state index contributed by atoms with van der Waals surface area (Å²) in [6, 6.07) is 64.1. The van der Waals surface area contributed by atoms with Crippen LogP contribution in [0.4, 0.5) is 39.8 Å². The highest BCUT2D eigenvalue weighted by molar-refractivity contribution is 6.03. The van der Waals surface area contributed by atoms with Crippen LogP contribution in [-0.2, 0) is 0 Å². The summed E-state index contributed by atoms with van der Waals surface area (Å²) in [7, 11) is 1.67. The number of para-hydroxylation sites is 2. The van der Waals surface area contributed by atoms with Gasteiger partial charge in [0, 0.05) is 34.1 Å². The second-order valence-electron chi connectivity index (χ2n) is 14.1. The van der Waals surface area contributed by atoms with Gasteiger partial charge in [-0.15, -0.1) is 0 Å². The van der Waals surface area contributed by atoms with Crippen LogP contribution >= 0.6 is 0 Å². The van der Waals surface area contributed by atoms with E-state index < -0.39 is 0 Å². The predicted octanol–water partition coefficient (Wildman–Crippen LogP) is 14.9. The van der Waals surface area contributed by atoms with E-state index in [0.29, 0.717) is 11.3 Å². The number of hydrogen-bond donors (Lipinski definition) is 0. The number of hydrogen-bond acceptors (Lipinski definition) is 4. The zero-order valence-corrected chi connectivity index (χ0v) is 32.8. The molecule has 0 saturated heterocycles. The summed E-state index contributed by atoms with van der Waals surface area (Å²) < 4.78 is 5.39. The number of nitrogens with zero attached hydrogens (tertiary/aromatic N) is 4. The monoisotopic (exact) mass is 760 g/mol. The fourth-order valence-corrected chi connectivity index (χ4v) is 7.26. The summed E-state index contributed by atoms with van der Waals surface area (Å²) in [5.41, 5.74) is 12.2. The van der Waals surface area contributed by atoms with E-state index in [1.54, 1.807) is 7.11 Å². The van der Waals surface area contributed by atoms with Crippen molar-refractivity contribution in [2.75, 3.05) is 16.9 Å². The number of methoxy groups -OCH3 is 1. The first-order valence-electron chi connectivity index (χ1n) is 19.4. The third-order valence-corrected chi connectivity index (χ3v) is 10.3. The van der Waals surface area contributed by atoms with Crippen LogP contribution < -0.4 is 14.5 Å². The van der Waals surface area contributed by atoms with Gasteiger partial charge in [-0.25, -0.2) is 4.85 Å². The second kappa shape index (κ2) is 17.3. The Morgan fingerprint density at radius 3 is 1.39 bits per heavy atom. The maximum Gasteiger partial charge on any atom is 0.202 e. The standard InChI is InChI=1S/C54H40N4O/c1-39-14-26-46(27-15-39)57(44-10-6-4-7-11-44)47-30-20-41(21-31-47)17-23-43-25-36-51-52(54(43)56-2)37-24-42(53(51)38-55)22-16-40-18-28-48(29-19-40)58(45-12-8-5-9-13-45)49-32-34-50(59-3)35-33-49/h4-37H,1,3H3/b22-16+,23-17+. The molecule has 0 aliphatic rings. The van der Waals surface area contributed by atoms with Gasteiger partial charge in [-0.2, -0.15) is 5.26 Å². The first-order chi connectivity index (χ1) is 29.0. The lowest BCUT2D eigenvalue weighted by molar-refractivity contribution is 0.415. The Hall–Kier alpha value is -8.12. The second-order valence-corrected chi connectivity index (χ2v) is 14.1. The van der Waals surface area contributed by atoms with Gasteiger partial charge in [0.15, 0.2) is 0 Å². The van der Waals surface area contributed by atoms with Crippen molar-refractivity contribution in [1.82, 2.24) is 0 Å². The topological polar surface area (TPSA) is 43.9 Å². The van der Waals surface area contributed by atoms with Crippen molar-refractivity contribution in [3.8, 4) is 11.8 Å². The van der Waals surface area contributed by atoms with E-state index >= 15 is 0 Å². The van der Waals surface area contributed by atoms with Crippen molar-refractivity contribution >= 4 is 74.9 Å². The molecular weight excluding hydrogens is 721 g/mol. The minimum atomic E-state index is 0.521. The van der Waals surface area contributed by atoms with Gasteiger partial charge < -0.3 is 14.5 Å². The summed E-state index contributed by atoms with van der Waals surface area (Å²) in [6.07, 6.45) is 8.00. The zero-order chi connectivity index (χ0) is 40.6. The van der Waals surface area contributed by atoms with Crippen LogP contribution in [0.15, 0.2) is 182 Å². The Morgan fingerprint density at radius 1 is 0.492 bits per heavy atom. The Kier molecular flexibility index (Phi) is 11.1. The average molecular weight is 761 g/mol. The van der Waals surface area contributed by atoms with Crippen LogP contribution in [0.1, 0.15) is 33.4 Å². The van der Waals surface area contributed by atoms with Gasteiger partial charge >= 0.3 is 0 Å². The molecule has 0 amide bonds. The molecule has 0 radical (unpaired) electrons. The molecule has 0 spiro atoms. The van der Waals surface area contributed by atoms with Gasteiger partial charge in [-0.05, 0) is 125 Å². The molecule has 0 fully saturated rings. The highest BCUT2D eigenvalue weighted by Gasteiger charge is 2.15. The molecule has 0 unspecified atom stereocenters. The van der Waals surface area contributed by atoms with E-state index in [1.165, 1.54) is 5.56 Å². The lowest BCUT2D eigenvalue weighted by atomic mass is 9.95. The summed E-state index contributed by atoms with van der Waals surface area (Å²) in [6.45, 7) is 10.2. The van der Waals surface area contributed by atoms with E-state index in [0.717, 1.165) is 72.9 Å². The molecule has 0 aliphatic heterocycles. The minimum Gasteiger partial charge on any atom is -0.497 e. The van der Waals surface area contributed by atoms with Gasteiger partial charge in [0.1, 0.15) is 11.8 Å². The minimum absolute atomic E-state index is 0.521. The molecule has 8 aromatic carbocycles. The van der Waals surface area contributed by atoms with Crippen molar-refractivity contribution in [1.29, 1.82) is 5.26 Å². The summed E-state index contributed by atoms with van der Waals surface area (Å²) in [5, 5.41) is 11.9. The lowest BCUT2D eigenvalue weighted by Gasteiger charge is -2.25. The van der Waals surface area contributed by atoms with Crippen molar-refractivity contribution in [3.63, 3.8) is 0 Å². The fourth-order valence-electron chi connectivity index (χ4n) is 7.26. The van der Waals surface area contributed by atoms with Crippen molar-refractivity contribution in [3.05, 3.63) is 227 Å². The highest BCUT2D eigenvalue weighted by Crippen LogP contribution is 2.38. The smallest absolute Gasteiger partial charge is 0.202 e. The number of aryl methyl sites for hydroxylation is 1. The normalized spacial score (nSPS) is 11.1. The first-order valence-corrected chi connectivity index (χ1v) is 19.4. The van der Waals surface area contributed by atoms with E-state index in [2.05, 4.69) is 125 Å².